The molecule has 0 spiro atoms. The number of nitrogens with zero attached hydrogens (tertiary/aromatic N) is 2. The van der Waals surface area contributed by atoms with Gasteiger partial charge in [0.15, 0.2) is 5.17 Å². The van der Waals surface area contributed by atoms with Gasteiger partial charge >= 0.3 is 6.18 Å². The lowest BCUT2D eigenvalue weighted by Crippen LogP contribution is -2.22. The molecule has 1 amide bonds. The summed E-state index contributed by atoms with van der Waals surface area (Å²) in [6, 6.07) is 2.40. The van der Waals surface area contributed by atoms with E-state index < -0.39 is 17.7 Å². The molecule has 3 nitrogen and oxygen atoms in total. The van der Waals surface area contributed by atoms with Crippen LogP contribution in [0.15, 0.2) is 34.8 Å². The molecule has 1 saturated heterocycles. The van der Waals surface area contributed by atoms with Crippen LogP contribution in [0.5, 0.6) is 0 Å². The number of amidine groups is 1. The van der Waals surface area contributed by atoms with Gasteiger partial charge in [0.1, 0.15) is 11.5 Å². The van der Waals surface area contributed by atoms with Crippen LogP contribution in [0.4, 0.5) is 23.2 Å². The summed E-state index contributed by atoms with van der Waals surface area (Å²) in [6.45, 7) is 5.01. The van der Waals surface area contributed by atoms with E-state index in [1.165, 1.54) is 24.1 Å². The molecule has 0 radical (unpaired) electrons. The number of alkyl halides is 3. The second-order valence-corrected chi connectivity index (χ2v) is 6.56. The quantitative estimate of drug-likeness (QED) is 0.583. The van der Waals surface area contributed by atoms with E-state index in [0.717, 1.165) is 17.8 Å². The molecule has 0 unspecified atom stereocenters. The predicted octanol–water partition coefficient (Wildman–Crippen LogP) is 4.49. The standard InChI is InChI=1S/C14H12F4N2OS2/c1-3-20-12(21)6-22-13(20)19-10-5-11(8(2)4-9(10)15)23-7-14(16,17)18/h3-5H,1,6-7H2,2H3. The minimum absolute atomic E-state index is 0.107. The molecule has 0 N–H and O–H groups in total. The molecule has 1 aromatic rings. The van der Waals surface area contributed by atoms with Gasteiger partial charge in [0, 0.05) is 11.1 Å². The lowest BCUT2D eigenvalue weighted by molar-refractivity contribution is -0.122. The maximum atomic E-state index is 14.0. The van der Waals surface area contributed by atoms with Crippen LogP contribution in [0.3, 0.4) is 0 Å². The zero-order valence-electron chi connectivity index (χ0n) is 12.0. The number of halogens is 4. The highest BCUT2D eigenvalue weighted by Crippen LogP contribution is 2.34. The summed E-state index contributed by atoms with van der Waals surface area (Å²) in [5, 5.41) is 0.250. The second kappa shape index (κ2) is 6.96. The maximum absolute atomic E-state index is 14.0. The summed E-state index contributed by atoms with van der Waals surface area (Å²) >= 11 is 1.69. The van der Waals surface area contributed by atoms with Crippen molar-refractivity contribution in [3.63, 3.8) is 0 Å². The predicted molar refractivity (Wildman–Crippen MR) is 84.5 cm³/mol. The number of amides is 1. The van der Waals surface area contributed by atoms with Gasteiger partial charge in [-0.2, -0.15) is 13.2 Å². The van der Waals surface area contributed by atoms with Gasteiger partial charge in [-0.1, -0.05) is 18.3 Å². The van der Waals surface area contributed by atoms with E-state index in [1.807, 2.05) is 0 Å². The third-order valence-corrected chi connectivity index (χ3v) is 4.99. The molecule has 0 aromatic heterocycles. The first kappa shape index (κ1) is 17.9. The number of benzene rings is 1. The van der Waals surface area contributed by atoms with Gasteiger partial charge in [0.2, 0.25) is 5.91 Å². The second-order valence-electron chi connectivity index (χ2n) is 4.60. The first-order chi connectivity index (χ1) is 10.7. The third-order valence-electron chi connectivity index (χ3n) is 2.83. The highest BCUT2D eigenvalue weighted by molar-refractivity contribution is 8.15. The average Bonchev–Trinajstić information content (AvgIpc) is 2.79. The van der Waals surface area contributed by atoms with Crippen molar-refractivity contribution < 1.29 is 22.4 Å². The zero-order chi connectivity index (χ0) is 17.2. The van der Waals surface area contributed by atoms with Crippen molar-refractivity contribution in [3.8, 4) is 0 Å². The summed E-state index contributed by atoms with van der Waals surface area (Å²) in [7, 11) is 0. The molecule has 1 heterocycles. The van der Waals surface area contributed by atoms with Gasteiger partial charge in [-0.3, -0.25) is 9.69 Å². The van der Waals surface area contributed by atoms with Crippen LogP contribution in [-0.2, 0) is 4.79 Å². The summed E-state index contributed by atoms with van der Waals surface area (Å²) in [5.74, 6) is -1.80. The van der Waals surface area contributed by atoms with E-state index in [-0.39, 0.29) is 22.5 Å². The molecule has 0 saturated carbocycles. The normalized spacial score (nSPS) is 17.2. The fraction of sp³-hybridized carbons (Fsp3) is 0.286. The lowest BCUT2D eigenvalue weighted by Gasteiger charge is -2.12. The Labute approximate surface area is 138 Å². The topological polar surface area (TPSA) is 32.7 Å². The smallest absolute Gasteiger partial charge is 0.273 e. The van der Waals surface area contributed by atoms with Gasteiger partial charge < -0.3 is 0 Å². The molecule has 124 valence electrons. The summed E-state index contributed by atoms with van der Waals surface area (Å²) in [5.41, 5.74) is 0.292. The molecule has 2 rings (SSSR count). The van der Waals surface area contributed by atoms with E-state index in [1.54, 1.807) is 0 Å². The molecule has 1 fully saturated rings. The highest BCUT2D eigenvalue weighted by atomic mass is 32.2. The van der Waals surface area contributed by atoms with E-state index >= 15 is 0 Å². The molecule has 23 heavy (non-hydrogen) atoms. The van der Waals surface area contributed by atoms with Crippen LogP contribution in [0.1, 0.15) is 5.56 Å². The van der Waals surface area contributed by atoms with Gasteiger partial charge in [-0.15, -0.1) is 11.8 Å². The number of carbonyl (C=O) groups is 1. The minimum Gasteiger partial charge on any atom is -0.273 e. The van der Waals surface area contributed by atoms with Crippen LogP contribution in [0.2, 0.25) is 0 Å². The molecular formula is C14H12F4N2OS2. The maximum Gasteiger partial charge on any atom is 0.398 e. The van der Waals surface area contributed by atoms with Crippen molar-refractivity contribution in [2.45, 2.75) is 18.0 Å². The van der Waals surface area contributed by atoms with Gasteiger partial charge in [-0.25, -0.2) is 9.38 Å². The van der Waals surface area contributed by atoms with Gasteiger partial charge in [0.25, 0.3) is 0 Å². The third kappa shape index (κ3) is 4.51. The number of aryl methyl sites for hydroxylation is 1. The van der Waals surface area contributed by atoms with Crippen molar-refractivity contribution >= 4 is 40.3 Å². The fourth-order valence-electron chi connectivity index (χ4n) is 1.78. The van der Waals surface area contributed by atoms with Crippen molar-refractivity contribution in [2.75, 3.05) is 11.5 Å². The Hall–Kier alpha value is -1.48. The van der Waals surface area contributed by atoms with E-state index in [4.69, 9.17) is 0 Å². The lowest BCUT2D eigenvalue weighted by atomic mass is 10.2. The van der Waals surface area contributed by atoms with Crippen LogP contribution in [-0.4, -0.2) is 33.7 Å². The van der Waals surface area contributed by atoms with Crippen LogP contribution >= 0.6 is 23.5 Å². The Morgan fingerprint density at radius 2 is 2.17 bits per heavy atom. The van der Waals surface area contributed by atoms with Crippen molar-refractivity contribution in [1.29, 1.82) is 0 Å². The Balaban J connectivity index is 2.32. The molecule has 0 atom stereocenters. The number of hydrogen-bond acceptors (Lipinski definition) is 4. The minimum atomic E-state index is -4.31. The molecule has 0 aliphatic carbocycles. The summed E-state index contributed by atoms with van der Waals surface area (Å²) < 4.78 is 51.0. The van der Waals surface area contributed by atoms with Crippen molar-refractivity contribution in [2.24, 2.45) is 4.99 Å². The average molecular weight is 364 g/mol. The fourth-order valence-corrected chi connectivity index (χ4v) is 3.45. The molecule has 1 aromatic carbocycles. The SMILES string of the molecule is C=CN1C(=O)CSC1=Nc1cc(SCC(F)(F)F)c(C)cc1F. The Bertz CT molecular complexity index is 673. The number of rotatable bonds is 4. The van der Waals surface area contributed by atoms with Crippen molar-refractivity contribution in [1.82, 2.24) is 4.90 Å². The zero-order valence-corrected chi connectivity index (χ0v) is 13.6. The Kier molecular flexibility index (Phi) is 5.41. The Morgan fingerprint density at radius 3 is 2.78 bits per heavy atom. The van der Waals surface area contributed by atoms with E-state index in [9.17, 15) is 22.4 Å². The van der Waals surface area contributed by atoms with Crippen molar-refractivity contribution in [3.05, 3.63) is 36.3 Å². The molecule has 0 bridgehead atoms. The summed E-state index contributed by atoms with van der Waals surface area (Å²) in [6.07, 6.45) is -3.04. The largest absolute Gasteiger partial charge is 0.398 e. The van der Waals surface area contributed by atoms with Crippen LogP contribution in [0.25, 0.3) is 0 Å². The molecular weight excluding hydrogens is 352 g/mol. The van der Waals surface area contributed by atoms with E-state index in [0.29, 0.717) is 22.2 Å². The van der Waals surface area contributed by atoms with Crippen LogP contribution in [0, 0.1) is 12.7 Å². The number of aliphatic imine (C=N–C) groups is 1. The van der Waals surface area contributed by atoms with Gasteiger partial charge in [-0.05, 0) is 24.6 Å². The molecule has 1 aliphatic rings. The first-order valence-corrected chi connectivity index (χ1v) is 8.34. The monoisotopic (exact) mass is 364 g/mol. The van der Waals surface area contributed by atoms with Crippen LogP contribution < -0.4 is 0 Å². The highest BCUT2D eigenvalue weighted by Gasteiger charge is 2.28. The molecule has 9 heteroatoms. The summed E-state index contributed by atoms with van der Waals surface area (Å²) in [4.78, 5) is 17.1. The number of hydrogen-bond donors (Lipinski definition) is 0. The first-order valence-electron chi connectivity index (χ1n) is 6.37. The molecule has 1 aliphatic heterocycles. The Morgan fingerprint density at radius 1 is 1.48 bits per heavy atom. The number of thioether (sulfide) groups is 2. The van der Waals surface area contributed by atoms with Gasteiger partial charge in [0.05, 0.1) is 11.5 Å². The van der Waals surface area contributed by atoms with E-state index in [2.05, 4.69) is 11.6 Å². The number of carbonyl (C=O) groups excluding carboxylic acids is 1.